The van der Waals surface area contributed by atoms with E-state index in [1.54, 1.807) is 0 Å². The summed E-state index contributed by atoms with van der Waals surface area (Å²) in [6, 6.07) is 9.44. The monoisotopic (exact) mass is 299 g/mol. The molecule has 1 aromatic carbocycles. The second-order valence-corrected chi connectivity index (χ2v) is 6.77. The summed E-state index contributed by atoms with van der Waals surface area (Å²) in [7, 11) is -3.53. The topological polar surface area (TPSA) is 78.6 Å². The van der Waals surface area contributed by atoms with E-state index in [2.05, 4.69) is 0 Å². The minimum absolute atomic E-state index is 0.109. The highest BCUT2D eigenvalue weighted by Crippen LogP contribution is 2.19. The molecule has 2 atom stereocenters. The molecule has 0 spiro atoms. The van der Waals surface area contributed by atoms with Crippen LogP contribution >= 0.6 is 0 Å². The predicted octanol–water partition coefficient (Wildman–Crippen LogP) is 1.25. The van der Waals surface area contributed by atoms with Crippen LogP contribution in [0, 0.1) is 0 Å². The van der Waals surface area contributed by atoms with Gasteiger partial charge in [-0.05, 0) is 18.4 Å². The van der Waals surface area contributed by atoms with Gasteiger partial charge in [-0.25, -0.2) is 13.6 Å². The molecule has 0 aromatic heterocycles. The van der Waals surface area contributed by atoms with Crippen molar-refractivity contribution >= 4 is 10.0 Å². The second-order valence-electron chi connectivity index (χ2n) is 5.11. The largest absolute Gasteiger partial charge is 0.378 e. The van der Waals surface area contributed by atoms with E-state index in [9.17, 15) is 8.42 Å². The Morgan fingerprint density at radius 1 is 1.35 bits per heavy atom. The van der Waals surface area contributed by atoms with Gasteiger partial charge in [0, 0.05) is 12.5 Å². The molecule has 1 aliphatic rings. The van der Waals surface area contributed by atoms with Crippen molar-refractivity contribution in [3.63, 3.8) is 0 Å². The molecule has 112 valence electrons. The number of primary sulfonamides is 1. The van der Waals surface area contributed by atoms with Crippen LogP contribution in [-0.2, 0) is 19.5 Å². The maximum atomic E-state index is 11.3. The van der Waals surface area contributed by atoms with Gasteiger partial charge in [0.05, 0.1) is 25.1 Å². The number of hydrogen-bond acceptors (Lipinski definition) is 4. The van der Waals surface area contributed by atoms with Crippen molar-refractivity contribution in [2.75, 3.05) is 25.6 Å². The van der Waals surface area contributed by atoms with Crippen molar-refractivity contribution < 1.29 is 17.9 Å². The zero-order chi connectivity index (χ0) is 14.4. The van der Waals surface area contributed by atoms with E-state index in [0.717, 1.165) is 25.0 Å². The third kappa shape index (κ3) is 5.20. The molecule has 2 N–H and O–H groups in total. The van der Waals surface area contributed by atoms with Crippen LogP contribution in [0.4, 0.5) is 0 Å². The standard InChI is InChI=1S/C14H21NO4S/c15-20(16,17)11-13(12-5-2-1-3-6-12)9-18-10-14-7-4-8-19-14/h1-3,5-6,13-14H,4,7-11H2,(H2,15,16,17). The third-order valence-electron chi connectivity index (χ3n) is 3.35. The van der Waals surface area contributed by atoms with E-state index < -0.39 is 10.0 Å². The van der Waals surface area contributed by atoms with Crippen LogP contribution in [0.3, 0.4) is 0 Å². The fourth-order valence-electron chi connectivity index (χ4n) is 2.36. The number of nitrogens with two attached hydrogens (primary N) is 1. The Labute approximate surface area is 120 Å². The van der Waals surface area contributed by atoms with Gasteiger partial charge in [-0.15, -0.1) is 0 Å². The van der Waals surface area contributed by atoms with E-state index >= 15 is 0 Å². The van der Waals surface area contributed by atoms with Gasteiger partial charge in [-0.1, -0.05) is 30.3 Å². The Balaban J connectivity index is 1.92. The van der Waals surface area contributed by atoms with E-state index in [1.807, 2.05) is 30.3 Å². The number of rotatable bonds is 7. The molecular formula is C14H21NO4S. The maximum absolute atomic E-state index is 11.3. The lowest BCUT2D eigenvalue weighted by atomic mass is 10.0. The second kappa shape index (κ2) is 7.17. The lowest BCUT2D eigenvalue weighted by Crippen LogP contribution is -2.26. The van der Waals surface area contributed by atoms with E-state index in [-0.39, 0.29) is 17.8 Å². The molecule has 2 unspecified atom stereocenters. The Kier molecular flexibility index (Phi) is 5.54. The summed E-state index contributed by atoms with van der Waals surface area (Å²) < 4.78 is 33.8. The van der Waals surface area contributed by atoms with Crippen molar-refractivity contribution in [2.24, 2.45) is 5.14 Å². The molecule has 1 fully saturated rings. The number of ether oxygens (including phenoxy) is 2. The zero-order valence-electron chi connectivity index (χ0n) is 11.4. The Morgan fingerprint density at radius 3 is 2.70 bits per heavy atom. The molecule has 20 heavy (non-hydrogen) atoms. The van der Waals surface area contributed by atoms with E-state index in [1.165, 1.54) is 0 Å². The summed E-state index contributed by atoms with van der Waals surface area (Å²) in [5.41, 5.74) is 0.925. The van der Waals surface area contributed by atoms with Gasteiger partial charge in [-0.3, -0.25) is 0 Å². The van der Waals surface area contributed by atoms with Crippen molar-refractivity contribution in [1.29, 1.82) is 0 Å². The summed E-state index contributed by atoms with van der Waals surface area (Å²) in [4.78, 5) is 0. The first-order chi connectivity index (χ1) is 9.54. The highest BCUT2D eigenvalue weighted by Gasteiger charge is 2.20. The van der Waals surface area contributed by atoms with Crippen LogP contribution < -0.4 is 5.14 Å². The number of hydrogen-bond donors (Lipinski definition) is 1. The molecule has 6 heteroatoms. The van der Waals surface area contributed by atoms with Crippen molar-refractivity contribution in [2.45, 2.75) is 24.9 Å². The average molecular weight is 299 g/mol. The summed E-state index contributed by atoms with van der Waals surface area (Å²) in [5, 5.41) is 5.16. The zero-order valence-corrected chi connectivity index (χ0v) is 12.2. The molecule has 1 saturated heterocycles. The summed E-state index contributed by atoms with van der Waals surface area (Å²) in [6.45, 7) is 1.63. The van der Waals surface area contributed by atoms with Crippen molar-refractivity contribution in [3.05, 3.63) is 35.9 Å². The Bertz CT molecular complexity index is 497. The highest BCUT2D eigenvalue weighted by molar-refractivity contribution is 7.89. The first kappa shape index (κ1) is 15.4. The molecule has 0 amide bonds. The third-order valence-corrected chi connectivity index (χ3v) is 4.22. The minimum atomic E-state index is -3.53. The summed E-state index contributed by atoms with van der Waals surface area (Å²) in [5.74, 6) is -0.352. The smallest absolute Gasteiger partial charge is 0.209 e. The maximum Gasteiger partial charge on any atom is 0.209 e. The highest BCUT2D eigenvalue weighted by atomic mass is 32.2. The Hall–Kier alpha value is -0.950. The quantitative estimate of drug-likeness (QED) is 0.822. The van der Waals surface area contributed by atoms with Crippen LogP contribution in [0.1, 0.15) is 24.3 Å². The molecule has 1 heterocycles. The molecule has 5 nitrogen and oxygen atoms in total. The number of sulfonamides is 1. The van der Waals surface area contributed by atoms with Crippen LogP contribution in [0.25, 0.3) is 0 Å². The van der Waals surface area contributed by atoms with Crippen LogP contribution in [0.15, 0.2) is 30.3 Å². The van der Waals surface area contributed by atoms with Crippen LogP contribution in [-0.4, -0.2) is 40.1 Å². The normalized spacial score (nSPS) is 20.9. The first-order valence-electron chi connectivity index (χ1n) is 6.79. The Morgan fingerprint density at radius 2 is 2.10 bits per heavy atom. The molecule has 0 bridgehead atoms. The molecular weight excluding hydrogens is 278 g/mol. The number of benzene rings is 1. The van der Waals surface area contributed by atoms with Crippen LogP contribution in [0.2, 0.25) is 0 Å². The van der Waals surface area contributed by atoms with Gasteiger partial charge >= 0.3 is 0 Å². The van der Waals surface area contributed by atoms with Gasteiger partial charge in [0.2, 0.25) is 10.0 Å². The fraction of sp³-hybridized carbons (Fsp3) is 0.571. The molecule has 2 rings (SSSR count). The fourth-order valence-corrected chi connectivity index (χ4v) is 3.21. The van der Waals surface area contributed by atoms with E-state index in [4.69, 9.17) is 14.6 Å². The SMILES string of the molecule is NS(=O)(=O)CC(COCC1CCCO1)c1ccccc1. The first-order valence-corrected chi connectivity index (χ1v) is 8.51. The molecule has 0 aliphatic carbocycles. The van der Waals surface area contributed by atoms with E-state index in [0.29, 0.717) is 13.2 Å². The predicted molar refractivity (Wildman–Crippen MR) is 77.0 cm³/mol. The lowest BCUT2D eigenvalue weighted by molar-refractivity contribution is 0.0139. The van der Waals surface area contributed by atoms with Gasteiger partial charge < -0.3 is 9.47 Å². The minimum Gasteiger partial charge on any atom is -0.378 e. The van der Waals surface area contributed by atoms with Crippen molar-refractivity contribution in [1.82, 2.24) is 0 Å². The van der Waals surface area contributed by atoms with Gasteiger partial charge in [-0.2, -0.15) is 0 Å². The van der Waals surface area contributed by atoms with Gasteiger partial charge in [0.15, 0.2) is 0 Å². The summed E-state index contributed by atoms with van der Waals surface area (Å²) in [6.07, 6.45) is 2.21. The van der Waals surface area contributed by atoms with Gasteiger partial charge in [0.25, 0.3) is 0 Å². The molecule has 1 aromatic rings. The molecule has 1 aliphatic heterocycles. The molecule has 0 saturated carbocycles. The molecule has 0 radical (unpaired) electrons. The summed E-state index contributed by atoms with van der Waals surface area (Å²) >= 11 is 0. The van der Waals surface area contributed by atoms with Crippen LogP contribution in [0.5, 0.6) is 0 Å². The lowest BCUT2D eigenvalue weighted by Gasteiger charge is -2.18. The van der Waals surface area contributed by atoms with Crippen molar-refractivity contribution in [3.8, 4) is 0 Å². The van der Waals surface area contributed by atoms with Gasteiger partial charge in [0.1, 0.15) is 0 Å². The average Bonchev–Trinajstić information content (AvgIpc) is 2.90.